The van der Waals surface area contributed by atoms with Crippen LogP contribution in [0.4, 0.5) is 13.6 Å². The Morgan fingerprint density at radius 3 is 2.35 bits per heavy atom. The van der Waals surface area contributed by atoms with Gasteiger partial charge < -0.3 is 15.2 Å². The summed E-state index contributed by atoms with van der Waals surface area (Å²) in [6, 6.07) is 5.87. The third-order valence-corrected chi connectivity index (χ3v) is 2.11. The molecule has 0 saturated heterocycles. The number of hydrogen-bond donors (Lipinski definition) is 1. The normalized spacial score (nSPS) is 12.2. The maximum absolute atomic E-state index is 11.9. The highest BCUT2D eigenvalue weighted by molar-refractivity contribution is 5.65. The molecule has 2 N–H and O–H groups in total. The summed E-state index contributed by atoms with van der Waals surface area (Å²) in [7, 11) is 0. The minimum Gasteiger partial charge on any atom is -0.442 e. The Morgan fingerprint density at radius 2 is 1.94 bits per heavy atom. The molecule has 1 aromatic carbocycles. The van der Waals surface area contributed by atoms with Gasteiger partial charge in [0.15, 0.2) is 0 Å². The van der Waals surface area contributed by atoms with Gasteiger partial charge in [-0.25, -0.2) is 4.79 Å². The zero-order chi connectivity index (χ0) is 12.8. The molecule has 1 unspecified atom stereocenters. The standard InChI is InChI=1S/C11H13F2NO3/c1-2-9(17-11(14)15)7-3-5-8(6-4-7)16-10(12)13/h3-6,9-10H,2H2,1H3,(H2,14,15). The molecule has 17 heavy (non-hydrogen) atoms. The van der Waals surface area contributed by atoms with Crippen LogP contribution in [0.5, 0.6) is 5.75 Å². The van der Waals surface area contributed by atoms with Crippen molar-refractivity contribution in [3.8, 4) is 5.75 Å². The Hall–Kier alpha value is -1.85. The molecule has 1 atom stereocenters. The summed E-state index contributed by atoms with van der Waals surface area (Å²) in [5.74, 6) is 0.0534. The van der Waals surface area contributed by atoms with Crippen LogP contribution in [-0.2, 0) is 4.74 Å². The fraction of sp³-hybridized carbons (Fsp3) is 0.364. The van der Waals surface area contributed by atoms with E-state index in [1.807, 2.05) is 6.92 Å². The number of nitrogens with two attached hydrogens (primary N) is 1. The van der Waals surface area contributed by atoms with Crippen LogP contribution in [0, 0.1) is 0 Å². The van der Waals surface area contributed by atoms with Crippen molar-refractivity contribution in [1.29, 1.82) is 0 Å². The lowest BCUT2D eigenvalue weighted by Crippen LogP contribution is -2.17. The first kappa shape index (κ1) is 13.2. The maximum Gasteiger partial charge on any atom is 0.405 e. The fourth-order valence-electron chi connectivity index (χ4n) is 1.39. The van der Waals surface area contributed by atoms with E-state index in [9.17, 15) is 13.6 Å². The van der Waals surface area contributed by atoms with Gasteiger partial charge in [-0.1, -0.05) is 19.1 Å². The Kier molecular flexibility index (Phi) is 4.68. The molecule has 6 heteroatoms. The minimum absolute atomic E-state index is 0.0534. The average molecular weight is 245 g/mol. The largest absolute Gasteiger partial charge is 0.442 e. The van der Waals surface area contributed by atoms with E-state index in [0.29, 0.717) is 12.0 Å². The van der Waals surface area contributed by atoms with Gasteiger partial charge >= 0.3 is 12.7 Å². The molecule has 0 heterocycles. The molecule has 0 bridgehead atoms. The molecule has 0 spiro atoms. The lowest BCUT2D eigenvalue weighted by atomic mass is 10.1. The smallest absolute Gasteiger partial charge is 0.405 e. The van der Waals surface area contributed by atoms with Gasteiger partial charge in [0.05, 0.1) is 0 Å². The van der Waals surface area contributed by atoms with E-state index in [2.05, 4.69) is 4.74 Å². The summed E-state index contributed by atoms with van der Waals surface area (Å²) in [5.41, 5.74) is 5.59. The van der Waals surface area contributed by atoms with E-state index in [1.165, 1.54) is 12.1 Å². The lowest BCUT2D eigenvalue weighted by Gasteiger charge is -2.15. The van der Waals surface area contributed by atoms with Crippen LogP contribution in [0.15, 0.2) is 24.3 Å². The van der Waals surface area contributed by atoms with Crippen molar-refractivity contribution in [2.24, 2.45) is 5.73 Å². The van der Waals surface area contributed by atoms with Crippen molar-refractivity contribution >= 4 is 6.09 Å². The summed E-state index contributed by atoms with van der Waals surface area (Å²) in [4.78, 5) is 10.6. The number of halogens is 2. The third kappa shape index (κ3) is 4.26. The van der Waals surface area contributed by atoms with Crippen LogP contribution in [0.1, 0.15) is 25.0 Å². The van der Waals surface area contributed by atoms with Crippen molar-refractivity contribution in [3.63, 3.8) is 0 Å². The molecule has 1 rings (SSSR count). The molecule has 0 aromatic heterocycles. The summed E-state index contributed by atoms with van der Waals surface area (Å²) >= 11 is 0. The Morgan fingerprint density at radius 1 is 1.35 bits per heavy atom. The number of benzene rings is 1. The highest BCUT2D eigenvalue weighted by Gasteiger charge is 2.13. The summed E-state index contributed by atoms with van der Waals surface area (Å²) < 4.78 is 32.9. The van der Waals surface area contributed by atoms with Crippen LogP contribution in [0.3, 0.4) is 0 Å². The molecule has 0 aliphatic rings. The number of rotatable bonds is 5. The summed E-state index contributed by atoms with van der Waals surface area (Å²) in [6.07, 6.45) is -0.810. The first-order valence-corrected chi connectivity index (χ1v) is 5.03. The van der Waals surface area contributed by atoms with Gasteiger partial charge in [0.2, 0.25) is 0 Å². The topological polar surface area (TPSA) is 61.5 Å². The molecule has 0 aliphatic heterocycles. The second-order valence-corrected chi connectivity index (χ2v) is 3.28. The van der Waals surface area contributed by atoms with Gasteiger partial charge in [0, 0.05) is 0 Å². The molecule has 94 valence electrons. The van der Waals surface area contributed by atoms with Gasteiger partial charge in [-0.05, 0) is 24.1 Å². The van der Waals surface area contributed by atoms with E-state index in [-0.39, 0.29) is 5.75 Å². The zero-order valence-corrected chi connectivity index (χ0v) is 9.23. The fourth-order valence-corrected chi connectivity index (χ4v) is 1.39. The van der Waals surface area contributed by atoms with E-state index in [1.54, 1.807) is 12.1 Å². The van der Waals surface area contributed by atoms with Crippen LogP contribution >= 0.6 is 0 Å². The molecule has 4 nitrogen and oxygen atoms in total. The predicted octanol–water partition coefficient (Wildman–Crippen LogP) is 2.83. The molecular formula is C11H13F2NO3. The highest BCUT2D eigenvalue weighted by atomic mass is 19.3. The maximum atomic E-state index is 11.9. The first-order chi connectivity index (χ1) is 8.02. The van der Waals surface area contributed by atoms with E-state index >= 15 is 0 Å². The molecular weight excluding hydrogens is 232 g/mol. The van der Waals surface area contributed by atoms with Crippen molar-refractivity contribution in [2.45, 2.75) is 26.1 Å². The first-order valence-electron chi connectivity index (χ1n) is 5.03. The molecule has 0 fully saturated rings. The molecule has 1 aromatic rings. The van der Waals surface area contributed by atoms with Gasteiger partial charge in [-0.2, -0.15) is 8.78 Å². The number of primary amides is 1. The molecule has 1 amide bonds. The van der Waals surface area contributed by atoms with Gasteiger partial charge in [0.1, 0.15) is 11.9 Å². The van der Waals surface area contributed by atoms with Crippen molar-refractivity contribution < 1.29 is 23.0 Å². The van der Waals surface area contributed by atoms with Crippen LogP contribution in [0.25, 0.3) is 0 Å². The van der Waals surface area contributed by atoms with Crippen LogP contribution in [-0.4, -0.2) is 12.7 Å². The SMILES string of the molecule is CCC(OC(N)=O)c1ccc(OC(F)F)cc1. The van der Waals surface area contributed by atoms with Gasteiger partial charge in [0.25, 0.3) is 0 Å². The number of carbonyl (C=O) groups excluding carboxylic acids is 1. The number of ether oxygens (including phenoxy) is 2. The quantitative estimate of drug-likeness (QED) is 0.867. The second kappa shape index (κ2) is 6.03. The number of amides is 1. The van der Waals surface area contributed by atoms with E-state index < -0.39 is 18.8 Å². The second-order valence-electron chi connectivity index (χ2n) is 3.28. The van der Waals surface area contributed by atoms with Crippen molar-refractivity contribution in [2.75, 3.05) is 0 Å². The number of alkyl halides is 2. The van der Waals surface area contributed by atoms with Crippen LogP contribution in [0.2, 0.25) is 0 Å². The number of hydrogen-bond acceptors (Lipinski definition) is 3. The predicted molar refractivity (Wildman–Crippen MR) is 56.8 cm³/mol. The highest BCUT2D eigenvalue weighted by Crippen LogP contribution is 2.24. The molecule has 0 aliphatic carbocycles. The van der Waals surface area contributed by atoms with Crippen LogP contribution < -0.4 is 10.5 Å². The Labute approximate surface area is 97.3 Å². The zero-order valence-electron chi connectivity index (χ0n) is 9.23. The molecule has 0 radical (unpaired) electrons. The van der Waals surface area contributed by atoms with E-state index in [0.717, 1.165) is 0 Å². The van der Waals surface area contributed by atoms with Crippen molar-refractivity contribution in [1.82, 2.24) is 0 Å². The molecule has 0 saturated carbocycles. The van der Waals surface area contributed by atoms with Gasteiger partial charge in [-0.3, -0.25) is 0 Å². The number of carbonyl (C=O) groups is 1. The summed E-state index contributed by atoms with van der Waals surface area (Å²) in [5, 5.41) is 0. The average Bonchev–Trinajstić information content (AvgIpc) is 2.26. The van der Waals surface area contributed by atoms with Crippen molar-refractivity contribution in [3.05, 3.63) is 29.8 Å². The Bertz CT molecular complexity index is 367. The van der Waals surface area contributed by atoms with Gasteiger partial charge in [-0.15, -0.1) is 0 Å². The minimum atomic E-state index is -2.86. The monoisotopic (exact) mass is 245 g/mol. The van der Waals surface area contributed by atoms with E-state index in [4.69, 9.17) is 10.5 Å². The summed E-state index contributed by atoms with van der Waals surface area (Å²) in [6.45, 7) is -1.04. The Balaban J connectivity index is 2.74. The lowest BCUT2D eigenvalue weighted by molar-refractivity contribution is -0.0498. The third-order valence-electron chi connectivity index (χ3n) is 2.11.